The van der Waals surface area contributed by atoms with Crippen LogP contribution in [-0.2, 0) is 0 Å². The highest BCUT2D eigenvalue weighted by Crippen LogP contribution is 2.34. The topological polar surface area (TPSA) is 15.3 Å². The van der Waals surface area contributed by atoms with Gasteiger partial charge < -0.3 is 10.2 Å². The molecule has 2 unspecified atom stereocenters. The highest BCUT2D eigenvalue weighted by Gasteiger charge is 2.31. The quantitative estimate of drug-likeness (QED) is 0.681. The number of nitrogens with one attached hydrogen (secondary N) is 1. The first-order chi connectivity index (χ1) is 8.55. The lowest BCUT2D eigenvalue weighted by Gasteiger charge is -2.39. The van der Waals surface area contributed by atoms with Gasteiger partial charge in [0.2, 0.25) is 0 Å². The number of hydrogen-bond acceptors (Lipinski definition) is 2. The minimum atomic E-state index is 0.275. The first kappa shape index (κ1) is 18.9. The van der Waals surface area contributed by atoms with E-state index < -0.39 is 0 Å². The molecule has 0 aliphatic rings. The van der Waals surface area contributed by atoms with Crippen molar-refractivity contribution >= 4 is 0 Å². The van der Waals surface area contributed by atoms with Crippen molar-refractivity contribution in [3.05, 3.63) is 0 Å². The van der Waals surface area contributed by atoms with E-state index in [1.165, 1.54) is 12.8 Å². The third-order valence-electron chi connectivity index (χ3n) is 5.01. The largest absolute Gasteiger partial charge is 0.312 e. The molecule has 0 rings (SSSR count). The van der Waals surface area contributed by atoms with Crippen LogP contribution in [0.5, 0.6) is 0 Å². The normalized spacial score (nSPS) is 17.8. The fourth-order valence-electron chi connectivity index (χ4n) is 2.86. The zero-order chi connectivity index (χ0) is 15.3. The second-order valence-corrected chi connectivity index (χ2v) is 7.77. The van der Waals surface area contributed by atoms with Gasteiger partial charge in [0.1, 0.15) is 0 Å². The van der Waals surface area contributed by atoms with E-state index in [1.807, 2.05) is 0 Å². The summed E-state index contributed by atoms with van der Waals surface area (Å²) in [5.74, 6) is 1.42. The van der Waals surface area contributed by atoms with Gasteiger partial charge in [-0.1, -0.05) is 41.5 Å². The molecule has 0 aliphatic heterocycles. The van der Waals surface area contributed by atoms with Crippen molar-refractivity contribution < 1.29 is 0 Å². The van der Waals surface area contributed by atoms with Crippen LogP contribution in [-0.4, -0.2) is 37.6 Å². The Morgan fingerprint density at radius 2 is 1.58 bits per heavy atom. The van der Waals surface area contributed by atoms with E-state index in [-0.39, 0.29) is 5.54 Å². The second-order valence-electron chi connectivity index (χ2n) is 7.77. The Bertz CT molecular complexity index is 246. The molecule has 0 amide bonds. The molecule has 0 spiro atoms. The van der Waals surface area contributed by atoms with Gasteiger partial charge in [-0.3, -0.25) is 0 Å². The Morgan fingerprint density at radius 3 is 1.95 bits per heavy atom. The summed E-state index contributed by atoms with van der Waals surface area (Å²) < 4.78 is 0. The minimum Gasteiger partial charge on any atom is -0.312 e. The average molecular weight is 271 g/mol. The first-order valence-corrected chi connectivity index (χ1v) is 7.95. The molecule has 1 N–H and O–H groups in total. The number of rotatable bonds is 9. The van der Waals surface area contributed by atoms with Crippen molar-refractivity contribution in [1.82, 2.24) is 10.2 Å². The molecule has 2 atom stereocenters. The third kappa shape index (κ3) is 6.27. The van der Waals surface area contributed by atoms with E-state index in [0.717, 1.165) is 19.0 Å². The Labute approximate surface area is 122 Å². The first-order valence-electron chi connectivity index (χ1n) is 7.95. The molecular weight excluding hydrogens is 232 g/mol. The molecule has 19 heavy (non-hydrogen) atoms. The zero-order valence-electron chi connectivity index (χ0n) is 14.9. The molecule has 0 aromatic rings. The second kappa shape index (κ2) is 7.64. The van der Waals surface area contributed by atoms with Gasteiger partial charge in [0.05, 0.1) is 0 Å². The van der Waals surface area contributed by atoms with Gasteiger partial charge in [-0.05, 0) is 57.7 Å². The standard InChI is InChI=1S/C17H38N2/c1-10-18-17(7,14(2)3)12-11-15(4)16(5,6)13-19(8)9/h14-15,18H,10-13H2,1-9H3. The van der Waals surface area contributed by atoms with Gasteiger partial charge in [-0.15, -0.1) is 0 Å². The molecule has 0 aliphatic carbocycles. The van der Waals surface area contributed by atoms with Crippen LogP contribution >= 0.6 is 0 Å². The maximum atomic E-state index is 3.70. The fraction of sp³-hybridized carbons (Fsp3) is 1.00. The third-order valence-corrected chi connectivity index (χ3v) is 5.01. The van der Waals surface area contributed by atoms with E-state index in [1.54, 1.807) is 0 Å². The molecule has 0 heterocycles. The van der Waals surface area contributed by atoms with Gasteiger partial charge in [0.15, 0.2) is 0 Å². The predicted molar refractivity (Wildman–Crippen MR) is 87.7 cm³/mol. The molecule has 0 saturated carbocycles. The molecule has 0 saturated heterocycles. The van der Waals surface area contributed by atoms with Crippen molar-refractivity contribution in [3.63, 3.8) is 0 Å². The molecule has 0 bridgehead atoms. The lowest BCUT2D eigenvalue weighted by molar-refractivity contribution is 0.135. The van der Waals surface area contributed by atoms with Gasteiger partial charge in [-0.25, -0.2) is 0 Å². The smallest absolute Gasteiger partial charge is 0.0176 e. The Morgan fingerprint density at radius 1 is 1.05 bits per heavy atom. The fourth-order valence-corrected chi connectivity index (χ4v) is 2.86. The van der Waals surface area contributed by atoms with Crippen LogP contribution in [0.3, 0.4) is 0 Å². The van der Waals surface area contributed by atoms with E-state index in [9.17, 15) is 0 Å². The Balaban J connectivity index is 4.52. The van der Waals surface area contributed by atoms with Crippen molar-refractivity contribution in [2.24, 2.45) is 17.3 Å². The molecular formula is C17H38N2. The summed E-state index contributed by atoms with van der Waals surface area (Å²) in [4.78, 5) is 2.31. The summed E-state index contributed by atoms with van der Waals surface area (Å²) in [6, 6.07) is 0. The van der Waals surface area contributed by atoms with Crippen molar-refractivity contribution in [2.45, 2.75) is 66.8 Å². The van der Waals surface area contributed by atoms with Gasteiger partial charge in [-0.2, -0.15) is 0 Å². The van der Waals surface area contributed by atoms with E-state index in [4.69, 9.17) is 0 Å². The lowest BCUT2D eigenvalue weighted by Crippen LogP contribution is -2.47. The van der Waals surface area contributed by atoms with Gasteiger partial charge >= 0.3 is 0 Å². The van der Waals surface area contributed by atoms with Crippen LogP contribution in [0.4, 0.5) is 0 Å². The molecule has 0 aromatic carbocycles. The van der Waals surface area contributed by atoms with Gasteiger partial charge in [0.25, 0.3) is 0 Å². The molecule has 0 fully saturated rings. The van der Waals surface area contributed by atoms with E-state index in [2.05, 4.69) is 72.8 Å². The SMILES string of the molecule is CCNC(C)(CCC(C)C(C)(C)CN(C)C)C(C)C. The summed E-state index contributed by atoms with van der Waals surface area (Å²) >= 11 is 0. The summed E-state index contributed by atoms with van der Waals surface area (Å²) in [6.07, 6.45) is 2.55. The van der Waals surface area contributed by atoms with Crippen LogP contribution < -0.4 is 5.32 Å². The van der Waals surface area contributed by atoms with Crippen LogP contribution in [0.25, 0.3) is 0 Å². The summed E-state index contributed by atoms with van der Waals surface area (Å²) in [5.41, 5.74) is 0.658. The lowest BCUT2D eigenvalue weighted by atomic mass is 9.73. The van der Waals surface area contributed by atoms with Crippen molar-refractivity contribution in [3.8, 4) is 0 Å². The van der Waals surface area contributed by atoms with Crippen molar-refractivity contribution in [2.75, 3.05) is 27.2 Å². The van der Waals surface area contributed by atoms with E-state index >= 15 is 0 Å². The number of hydrogen-bond donors (Lipinski definition) is 1. The minimum absolute atomic E-state index is 0.275. The zero-order valence-corrected chi connectivity index (χ0v) is 14.9. The highest BCUT2D eigenvalue weighted by molar-refractivity contribution is 4.88. The van der Waals surface area contributed by atoms with E-state index in [0.29, 0.717) is 11.3 Å². The maximum absolute atomic E-state index is 3.70. The summed E-state index contributed by atoms with van der Waals surface area (Å²) in [6.45, 7) is 18.7. The number of nitrogens with zero attached hydrogens (tertiary/aromatic N) is 1. The molecule has 116 valence electrons. The molecule has 2 nitrogen and oxygen atoms in total. The molecule has 2 heteroatoms. The highest BCUT2D eigenvalue weighted by atomic mass is 15.1. The Hall–Kier alpha value is -0.0800. The van der Waals surface area contributed by atoms with Gasteiger partial charge in [0, 0.05) is 12.1 Å². The predicted octanol–water partition coefficient (Wildman–Crippen LogP) is 4.01. The van der Waals surface area contributed by atoms with Crippen LogP contribution in [0.1, 0.15) is 61.3 Å². The average Bonchev–Trinajstić information content (AvgIpc) is 2.24. The Kier molecular flexibility index (Phi) is 7.60. The van der Waals surface area contributed by atoms with Crippen molar-refractivity contribution in [1.29, 1.82) is 0 Å². The molecule has 0 aromatic heterocycles. The summed E-state index contributed by atoms with van der Waals surface area (Å²) in [7, 11) is 4.34. The summed E-state index contributed by atoms with van der Waals surface area (Å²) in [5, 5.41) is 3.70. The molecule has 0 radical (unpaired) electrons. The van der Waals surface area contributed by atoms with Crippen LogP contribution in [0.15, 0.2) is 0 Å². The van der Waals surface area contributed by atoms with Crippen LogP contribution in [0.2, 0.25) is 0 Å². The van der Waals surface area contributed by atoms with Crippen LogP contribution in [0, 0.1) is 17.3 Å². The monoisotopic (exact) mass is 270 g/mol. The maximum Gasteiger partial charge on any atom is 0.0176 e.